The molecular weight excluding hydrogens is 646 g/mol. The average Bonchev–Trinajstić information content (AvgIpc) is 3.33. The van der Waals surface area contributed by atoms with Crippen LogP contribution in [0.5, 0.6) is 17.2 Å². The number of rotatable bonds is 11. The highest BCUT2D eigenvalue weighted by Gasteiger charge is 2.35. The average molecular weight is 678 g/mol. The van der Waals surface area contributed by atoms with Crippen LogP contribution in [0.15, 0.2) is 81.7 Å². The van der Waals surface area contributed by atoms with Crippen LogP contribution in [0.4, 0.5) is 5.69 Å². The van der Waals surface area contributed by atoms with Gasteiger partial charge in [-0.3, -0.25) is 19.5 Å². The number of methoxy groups -OCH3 is 1. The van der Waals surface area contributed by atoms with Crippen molar-refractivity contribution in [3.63, 3.8) is 0 Å². The van der Waals surface area contributed by atoms with E-state index in [0.717, 1.165) is 0 Å². The molecule has 0 saturated carbocycles. The maximum absolute atomic E-state index is 14.1. The summed E-state index contributed by atoms with van der Waals surface area (Å²) in [7, 11) is 1.47. The lowest BCUT2D eigenvalue weighted by Crippen LogP contribution is -2.40. The second-order valence-corrected chi connectivity index (χ2v) is 12.2. The molecule has 47 heavy (non-hydrogen) atoms. The number of hydrogen-bond donors (Lipinski definition) is 0. The molecule has 1 aromatic heterocycles. The molecule has 0 amide bonds. The first-order valence-electron chi connectivity index (χ1n) is 14.7. The van der Waals surface area contributed by atoms with E-state index in [1.165, 1.54) is 35.1 Å². The van der Waals surface area contributed by atoms with E-state index in [9.17, 15) is 19.7 Å². The topological polar surface area (TPSA) is 131 Å². The Kier molecular flexibility index (Phi) is 10.1. The van der Waals surface area contributed by atoms with Gasteiger partial charge in [0, 0.05) is 17.7 Å². The summed E-state index contributed by atoms with van der Waals surface area (Å²) in [5.74, 6) is 0.590. The molecule has 1 aliphatic rings. The number of thiazole rings is 1. The fourth-order valence-electron chi connectivity index (χ4n) is 5.14. The van der Waals surface area contributed by atoms with E-state index < -0.39 is 16.9 Å². The van der Waals surface area contributed by atoms with Crippen LogP contribution >= 0.6 is 22.9 Å². The first-order valence-corrected chi connectivity index (χ1v) is 15.9. The maximum Gasteiger partial charge on any atom is 0.338 e. The third-order valence-electron chi connectivity index (χ3n) is 7.17. The second kappa shape index (κ2) is 14.2. The van der Waals surface area contributed by atoms with Crippen LogP contribution in [0.1, 0.15) is 50.4 Å². The molecule has 0 saturated heterocycles. The molecule has 0 unspecified atom stereocenters. The van der Waals surface area contributed by atoms with Crippen LogP contribution < -0.4 is 29.1 Å². The number of non-ortho nitro benzene ring substituents is 1. The smallest absolute Gasteiger partial charge is 0.338 e. The summed E-state index contributed by atoms with van der Waals surface area (Å²) in [6.45, 7) is 7.51. The summed E-state index contributed by atoms with van der Waals surface area (Å²) < 4.78 is 24.9. The van der Waals surface area contributed by atoms with Crippen LogP contribution in [-0.4, -0.2) is 35.3 Å². The molecule has 5 rings (SSSR count). The standard InChI is InChI=1S/C34H32ClN3O8S/c1-6-44-33(40)29-20(4)36-34-37(30(29)24-9-7-8-10-26(24)46-19(2)3)32(39)28(47-34)17-22-15-25(35)31(27(16-22)43-5)45-18-21-11-13-23(14-12-21)38(41)42/h7-17,19,30H,6,18H2,1-5H3/b28-17+/t30-/m0/s1. The monoisotopic (exact) mass is 677 g/mol. The first kappa shape index (κ1) is 33.4. The number of carbonyl (C=O) groups is 1. The van der Waals surface area contributed by atoms with Gasteiger partial charge in [0.1, 0.15) is 18.4 Å². The van der Waals surface area contributed by atoms with Crippen molar-refractivity contribution in [3.8, 4) is 17.2 Å². The van der Waals surface area contributed by atoms with Crippen LogP contribution in [0.25, 0.3) is 6.08 Å². The second-order valence-electron chi connectivity index (χ2n) is 10.8. The summed E-state index contributed by atoms with van der Waals surface area (Å²) in [5, 5.41) is 11.2. The Morgan fingerprint density at radius 2 is 1.87 bits per heavy atom. The molecule has 0 spiro atoms. The van der Waals surface area contributed by atoms with Crippen LogP contribution in [0, 0.1) is 10.1 Å². The van der Waals surface area contributed by atoms with Crippen LogP contribution in [0.2, 0.25) is 5.02 Å². The van der Waals surface area contributed by atoms with Crippen molar-refractivity contribution >= 4 is 40.7 Å². The predicted molar refractivity (Wildman–Crippen MR) is 178 cm³/mol. The van der Waals surface area contributed by atoms with E-state index in [1.807, 2.05) is 38.1 Å². The quantitative estimate of drug-likeness (QED) is 0.112. The van der Waals surface area contributed by atoms with Crippen molar-refractivity contribution in [2.24, 2.45) is 4.99 Å². The maximum atomic E-state index is 14.1. The molecular formula is C34H32ClN3O8S. The molecule has 1 aliphatic heterocycles. The molecule has 4 aromatic rings. The van der Waals surface area contributed by atoms with Crippen LogP contribution in [-0.2, 0) is 16.1 Å². The number of benzene rings is 3. The van der Waals surface area contributed by atoms with Gasteiger partial charge >= 0.3 is 5.97 Å². The molecule has 1 atom stereocenters. The van der Waals surface area contributed by atoms with E-state index in [2.05, 4.69) is 4.99 Å². The number of nitrogens with zero attached hydrogens (tertiary/aromatic N) is 3. The molecule has 13 heteroatoms. The number of hydrogen-bond acceptors (Lipinski definition) is 10. The van der Waals surface area contributed by atoms with Gasteiger partial charge in [-0.05, 0) is 75.2 Å². The number of carbonyl (C=O) groups excluding carboxylic acids is 1. The largest absolute Gasteiger partial charge is 0.493 e. The van der Waals surface area contributed by atoms with Crippen LogP contribution in [0.3, 0.4) is 0 Å². The molecule has 244 valence electrons. The third kappa shape index (κ3) is 7.08. The lowest BCUT2D eigenvalue weighted by molar-refractivity contribution is -0.384. The van der Waals surface area contributed by atoms with E-state index in [0.29, 0.717) is 43.2 Å². The van der Waals surface area contributed by atoms with Crippen molar-refractivity contribution in [2.45, 2.75) is 46.4 Å². The van der Waals surface area contributed by atoms with Gasteiger partial charge in [-0.25, -0.2) is 9.79 Å². The number of esters is 1. The number of halogens is 1. The zero-order chi connectivity index (χ0) is 33.8. The summed E-state index contributed by atoms with van der Waals surface area (Å²) in [5.41, 5.74) is 2.22. The van der Waals surface area contributed by atoms with Gasteiger partial charge < -0.3 is 18.9 Å². The minimum absolute atomic E-state index is 0.0225. The Morgan fingerprint density at radius 1 is 1.15 bits per heavy atom. The van der Waals surface area contributed by atoms with Gasteiger partial charge in [0.25, 0.3) is 11.2 Å². The normalized spacial score (nSPS) is 14.4. The van der Waals surface area contributed by atoms with Crippen molar-refractivity contribution in [2.75, 3.05) is 13.7 Å². The molecule has 11 nitrogen and oxygen atoms in total. The zero-order valence-electron chi connectivity index (χ0n) is 26.3. The molecule has 3 aromatic carbocycles. The highest BCUT2D eigenvalue weighted by atomic mass is 35.5. The minimum atomic E-state index is -0.837. The molecule has 0 N–H and O–H groups in total. The number of fused-ring (bicyclic) bond motifs is 1. The third-order valence-corrected chi connectivity index (χ3v) is 8.44. The SMILES string of the molecule is CCOC(=O)C1=C(C)N=c2s/c(=C/c3cc(Cl)c(OCc4ccc([N+](=O)[O-])cc4)c(OC)c3)c(=O)n2[C@H]1c1ccccc1OC(C)C. The Bertz CT molecular complexity index is 2050. The number of ether oxygens (including phenoxy) is 4. The minimum Gasteiger partial charge on any atom is -0.493 e. The van der Waals surface area contributed by atoms with E-state index in [1.54, 1.807) is 44.2 Å². The molecule has 0 fully saturated rings. The number of para-hydroxylation sites is 1. The number of nitro benzene ring substituents is 1. The first-order chi connectivity index (χ1) is 22.5. The van der Waals surface area contributed by atoms with Gasteiger partial charge in [0.2, 0.25) is 0 Å². The van der Waals surface area contributed by atoms with Crippen molar-refractivity contribution in [1.82, 2.24) is 4.57 Å². The Hall–Kier alpha value is -4.94. The van der Waals surface area contributed by atoms with E-state index >= 15 is 0 Å². The molecule has 0 bridgehead atoms. The van der Waals surface area contributed by atoms with Gasteiger partial charge in [-0.2, -0.15) is 0 Å². The Morgan fingerprint density at radius 3 is 2.53 bits per heavy atom. The van der Waals surface area contributed by atoms with Crippen molar-refractivity contribution < 1.29 is 28.7 Å². The lowest BCUT2D eigenvalue weighted by atomic mass is 9.95. The van der Waals surface area contributed by atoms with Gasteiger partial charge in [0.05, 0.1) is 45.6 Å². The zero-order valence-corrected chi connectivity index (χ0v) is 27.9. The number of aromatic nitrogens is 1. The van der Waals surface area contributed by atoms with E-state index in [-0.39, 0.29) is 46.9 Å². The Labute approximate surface area is 279 Å². The van der Waals surface area contributed by atoms with Gasteiger partial charge in [-0.1, -0.05) is 41.1 Å². The number of allylic oxidation sites excluding steroid dienone is 1. The van der Waals surface area contributed by atoms with E-state index in [4.69, 9.17) is 30.5 Å². The highest BCUT2D eigenvalue weighted by Crippen LogP contribution is 2.38. The number of nitro groups is 1. The summed E-state index contributed by atoms with van der Waals surface area (Å²) in [6, 6.07) is 15.8. The highest BCUT2D eigenvalue weighted by molar-refractivity contribution is 7.07. The molecule has 0 radical (unpaired) electrons. The lowest BCUT2D eigenvalue weighted by Gasteiger charge is -2.26. The molecule has 2 heterocycles. The van der Waals surface area contributed by atoms with Crippen molar-refractivity contribution in [3.05, 3.63) is 123 Å². The summed E-state index contributed by atoms with van der Waals surface area (Å²) in [6.07, 6.45) is 1.53. The van der Waals surface area contributed by atoms with Gasteiger partial charge in [0.15, 0.2) is 16.3 Å². The van der Waals surface area contributed by atoms with Gasteiger partial charge in [-0.15, -0.1) is 0 Å². The molecule has 0 aliphatic carbocycles. The Balaban J connectivity index is 1.57. The summed E-state index contributed by atoms with van der Waals surface area (Å²) >= 11 is 7.81. The fraction of sp³-hybridized carbons (Fsp3) is 0.265. The van der Waals surface area contributed by atoms with Crippen molar-refractivity contribution in [1.29, 1.82) is 0 Å². The fourth-order valence-corrected chi connectivity index (χ4v) is 6.46. The predicted octanol–water partition coefficient (Wildman–Crippen LogP) is 5.73. The summed E-state index contributed by atoms with van der Waals surface area (Å²) in [4.78, 5) is 43.0.